The highest BCUT2D eigenvalue weighted by Crippen LogP contribution is 2.21. The van der Waals surface area contributed by atoms with E-state index in [-0.39, 0.29) is 17.1 Å². The molecule has 0 aliphatic carbocycles. The normalized spacial score (nSPS) is 11.8. The summed E-state index contributed by atoms with van der Waals surface area (Å²) in [4.78, 5) is 21.7. The van der Waals surface area contributed by atoms with E-state index in [0.29, 0.717) is 0 Å². The molecule has 0 spiro atoms. The monoisotopic (exact) mass is 241 g/mol. The predicted molar refractivity (Wildman–Crippen MR) is 55.7 cm³/mol. The number of phenolic OH excluding ortho intramolecular Hbond substituents is 2. The summed E-state index contributed by atoms with van der Waals surface area (Å²) in [6.45, 7) is -0.497. The molecule has 0 aromatic heterocycles. The molecule has 0 aliphatic heterocycles. The molecule has 0 fully saturated rings. The Morgan fingerprint density at radius 1 is 1.29 bits per heavy atom. The summed E-state index contributed by atoms with van der Waals surface area (Å²) in [6.07, 6.45) is -1.72. The smallest absolute Gasteiger partial charge is 0.334 e. The van der Waals surface area contributed by atoms with E-state index in [9.17, 15) is 14.7 Å². The molecule has 0 bridgehead atoms. The van der Waals surface area contributed by atoms with Crippen molar-refractivity contribution in [3.63, 3.8) is 0 Å². The van der Waals surface area contributed by atoms with Crippen molar-refractivity contribution in [3.8, 4) is 11.5 Å². The SMILES string of the molecule is O=C(NC[C@H](O)C(=O)O)c1cc(O)ccc1O. The molecule has 92 valence electrons. The first kappa shape index (κ1) is 12.8. The van der Waals surface area contributed by atoms with Gasteiger partial charge < -0.3 is 25.7 Å². The number of nitrogens with one attached hydrogen (secondary N) is 1. The van der Waals surface area contributed by atoms with Gasteiger partial charge in [-0.05, 0) is 18.2 Å². The van der Waals surface area contributed by atoms with Crippen molar-refractivity contribution in [1.82, 2.24) is 5.32 Å². The van der Waals surface area contributed by atoms with Gasteiger partial charge >= 0.3 is 5.97 Å². The fourth-order valence-corrected chi connectivity index (χ4v) is 1.08. The van der Waals surface area contributed by atoms with Crippen LogP contribution in [0.5, 0.6) is 11.5 Å². The first-order valence-electron chi connectivity index (χ1n) is 4.63. The van der Waals surface area contributed by atoms with Crippen molar-refractivity contribution in [2.45, 2.75) is 6.10 Å². The number of phenols is 2. The first-order chi connectivity index (χ1) is 7.91. The first-order valence-corrected chi connectivity index (χ1v) is 4.63. The molecule has 7 nitrogen and oxygen atoms in total. The van der Waals surface area contributed by atoms with E-state index in [1.54, 1.807) is 0 Å². The minimum Gasteiger partial charge on any atom is -0.508 e. The number of aliphatic hydroxyl groups excluding tert-OH is 1. The Labute approximate surface area is 95.9 Å². The minimum atomic E-state index is -1.72. The third kappa shape index (κ3) is 3.35. The van der Waals surface area contributed by atoms with Gasteiger partial charge in [0.15, 0.2) is 6.10 Å². The topological polar surface area (TPSA) is 127 Å². The molecule has 1 rings (SSSR count). The van der Waals surface area contributed by atoms with Crippen LogP contribution in [0.25, 0.3) is 0 Å². The summed E-state index contributed by atoms with van der Waals surface area (Å²) < 4.78 is 0. The highest BCUT2D eigenvalue weighted by Gasteiger charge is 2.17. The van der Waals surface area contributed by atoms with Crippen LogP contribution < -0.4 is 5.32 Å². The Bertz CT molecular complexity index is 444. The number of carboxylic acid groups (broad SMARTS) is 1. The van der Waals surface area contributed by atoms with Crippen LogP contribution in [-0.4, -0.2) is 45.0 Å². The summed E-state index contributed by atoms with van der Waals surface area (Å²) in [5, 5.41) is 37.8. The Hall–Kier alpha value is -2.28. The lowest BCUT2D eigenvalue weighted by molar-refractivity contribution is -0.146. The summed E-state index contributed by atoms with van der Waals surface area (Å²) in [6, 6.07) is 3.34. The van der Waals surface area contributed by atoms with Crippen LogP contribution in [0.2, 0.25) is 0 Å². The van der Waals surface area contributed by atoms with E-state index in [2.05, 4.69) is 5.32 Å². The minimum absolute atomic E-state index is 0.206. The molecule has 0 saturated carbocycles. The number of carbonyl (C=O) groups excluding carboxylic acids is 1. The molecule has 0 aliphatic rings. The largest absolute Gasteiger partial charge is 0.508 e. The second kappa shape index (κ2) is 5.17. The molecule has 1 amide bonds. The van der Waals surface area contributed by atoms with Gasteiger partial charge in [0.2, 0.25) is 0 Å². The van der Waals surface area contributed by atoms with Crippen molar-refractivity contribution in [3.05, 3.63) is 23.8 Å². The Morgan fingerprint density at radius 2 is 1.94 bits per heavy atom. The highest BCUT2D eigenvalue weighted by molar-refractivity contribution is 5.97. The molecule has 17 heavy (non-hydrogen) atoms. The molecule has 1 atom stereocenters. The lowest BCUT2D eigenvalue weighted by Gasteiger charge is -2.09. The van der Waals surface area contributed by atoms with Crippen molar-refractivity contribution in [2.75, 3.05) is 6.54 Å². The number of aliphatic carboxylic acids is 1. The maximum atomic E-state index is 11.5. The van der Waals surface area contributed by atoms with Gasteiger partial charge in [0, 0.05) is 0 Å². The number of aromatic hydroxyl groups is 2. The molecule has 0 radical (unpaired) electrons. The van der Waals surface area contributed by atoms with Gasteiger partial charge in [-0.1, -0.05) is 0 Å². The fourth-order valence-electron chi connectivity index (χ4n) is 1.08. The van der Waals surface area contributed by atoms with Gasteiger partial charge in [-0.3, -0.25) is 4.79 Å². The second-order valence-electron chi connectivity index (χ2n) is 3.27. The zero-order valence-corrected chi connectivity index (χ0v) is 8.62. The van der Waals surface area contributed by atoms with Crippen LogP contribution in [0.3, 0.4) is 0 Å². The summed E-state index contributed by atoms with van der Waals surface area (Å²) >= 11 is 0. The van der Waals surface area contributed by atoms with Crippen LogP contribution in [0.4, 0.5) is 0 Å². The van der Waals surface area contributed by atoms with Gasteiger partial charge in [-0.2, -0.15) is 0 Å². The lowest BCUT2D eigenvalue weighted by Crippen LogP contribution is -2.36. The molecular formula is C10H11NO6. The Morgan fingerprint density at radius 3 is 2.53 bits per heavy atom. The average molecular weight is 241 g/mol. The molecule has 5 N–H and O–H groups in total. The number of hydrogen-bond donors (Lipinski definition) is 5. The Kier molecular flexibility index (Phi) is 3.89. The molecule has 7 heteroatoms. The number of aliphatic hydroxyl groups is 1. The van der Waals surface area contributed by atoms with Gasteiger partial charge in [-0.25, -0.2) is 4.79 Å². The van der Waals surface area contributed by atoms with Gasteiger partial charge in [-0.15, -0.1) is 0 Å². The standard InChI is InChI=1S/C10H11NO6/c12-5-1-2-7(13)6(3-5)9(15)11-4-8(14)10(16)17/h1-3,8,12-14H,4H2,(H,11,15)(H,16,17)/t8-/m0/s1. The number of amides is 1. The molecule has 0 saturated heterocycles. The average Bonchev–Trinajstić information content (AvgIpc) is 2.28. The van der Waals surface area contributed by atoms with Crippen molar-refractivity contribution in [1.29, 1.82) is 0 Å². The van der Waals surface area contributed by atoms with Crippen molar-refractivity contribution >= 4 is 11.9 Å². The summed E-state index contributed by atoms with van der Waals surface area (Å²) in [5.74, 6) is -2.83. The third-order valence-electron chi connectivity index (χ3n) is 1.97. The zero-order valence-electron chi connectivity index (χ0n) is 8.62. The molecule has 1 aromatic rings. The number of benzene rings is 1. The van der Waals surface area contributed by atoms with Crippen LogP contribution in [0.15, 0.2) is 18.2 Å². The maximum Gasteiger partial charge on any atom is 0.334 e. The van der Waals surface area contributed by atoms with Crippen molar-refractivity contribution < 1.29 is 30.0 Å². The quantitative estimate of drug-likeness (QED) is 0.442. The predicted octanol–water partition coefficient (Wildman–Crippen LogP) is -0.727. The summed E-state index contributed by atoms with van der Waals surface area (Å²) in [5.41, 5.74) is -0.206. The second-order valence-corrected chi connectivity index (χ2v) is 3.27. The van der Waals surface area contributed by atoms with Crippen LogP contribution >= 0.6 is 0 Å². The van der Waals surface area contributed by atoms with Crippen LogP contribution in [0, 0.1) is 0 Å². The number of rotatable bonds is 4. The van der Waals surface area contributed by atoms with Crippen LogP contribution in [-0.2, 0) is 4.79 Å². The molecule has 0 heterocycles. The summed E-state index contributed by atoms with van der Waals surface area (Å²) in [7, 11) is 0. The Balaban J connectivity index is 2.70. The van der Waals surface area contributed by atoms with Gasteiger partial charge in [0.1, 0.15) is 11.5 Å². The highest BCUT2D eigenvalue weighted by atomic mass is 16.4. The van der Waals surface area contributed by atoms with Crippen LogP contribution in [0.1, 0.15) is 10.4 Å². The maximum absolute atomic E-state index is 11.5. The van der Waals surface area contributed by atoms with Gasteiger partial charge in [0.05, 0.1) is 12.1 Å². The zero-order chi connectivity index (χ0) is 13.0. The third-order valence-corrected chi connectivity index (χ3v) is 1.97. The number of hydrogen-bond acceptors (Lipinski definition) is 5. The van der Waals surface area contributed by atoms with Gasteiger partial charge in [0.25, 0.3) is 5.91 Å². The molecule has 1 aromatic carbocycles. The van der Waals surface area contributed by atoms with E-state index in [4.69, 9.17) is 15.3 Å². The molecular weight excluding hydrogens is 230 g/mol. The fraction of sp³-hybridized carbons (Fsp3) is 0.200. The van der Waals surface area contributed by atoms with Crippen molar-refractivity contribution in [2.24, 2.45) is 0 Å². The van der Waals surface area contributed by atoms with E-state index >= 15 is 0 Å². The lowest BCUT2D eigenvalue weighted by atomic mass is 10.1. The van der Waals surface area contributed by atoms with E-state index in [0.717, 1.165) is 12.1 Å². The van der Waals surface area contributed by atoms with E-state index < -0.39 is 24.5 Å². The van der Waals surface area contributed by atoms with E-state index in [1.807, 2.05) is 0 Å². The molecule has 0 unspecified atom stereocenters. The number of carboxylic acids is 1. The number of carbonyl (C=O) groups is 2. The van der Waals surface area contributed by atoms with E-state index in [1.165, 1.54) is 6.07 Å².